The zero-order valence-electron chi connectivity index (χ0n) is 17.5. The molecule has 0 bridgehead atoms. The zero-order chi connectivity index (χ0) is 23.6. The third-order valence-electron chi connectivity index (χ3n) is 6.56. The first-order chi connectivity index (χ1) is 15.5. The van der Waals surface area contributed by atoms with Gasteiger partial charge < -0.3 is 19.9 Å². The maximum absolute atomic E-state index is 14.3. The summed E-state index contributed by atoms with van der Waals surface area (Å²) in [7, 11) is -3.26. The molecule has 33 heavy (non-hydrogen) atoms. The number of carbonyl (C=O) groups excluding carboxylic acids is 2. The minimum absolute atomic E-state index is 0.0436. The Morgan fingerprint density at radius 3 is 2.39 bits per heavy atom. The third-order valence-corrected chi connectivity index (χ3v) is 7.66. The number of ether oxygens (including phenoxy) is 1. The Hall–Kier alpha value is -2.25. The summed E-state index contributed by atoms with van der Waals surface area (Å²) < 4.78 is 68.6. The van der Waals surface area contributed by atoms with Crippen molar-refractivity contribution in [2.24, 2.45) is 5.41 Å². The minimum Gasteiger partial charge on any atom is -0.369 e. The van der Waals surface area contributed by atoms with Gasteiger partial charge in [0.05, 0.1) is 17.0 Å². The molecule has 4 heterocycles. The summed E-state index contributed by atoms with van der Waals surface area (Å²) in [5, 5.41) is 2.89. The topological polar surface area (TPSA) is 82.2 Å². The molecule has 0 aromatic heterocycles. The Labute approximate surface area is 189 Å². The molecule has 0 saturated carbocycles. The molecule has 1 N–H and O–H groups in total. The van der Waals surface area contributed by atoms with Crippen LogP contribution in [0.15, 0.2) is 23.1 Å². The fraction of sp³-hybridized carbons (Fsp3) is 0.600. The van der Waals surface area contributed by atoms with Crippen LogP contribution in [0.5, 0.6) is 0 Å². The number of alkyl halides is 3. The monoisotopic (exact) mass is 490 g/mol. The molecule has 1 unspecified atom stereocenters. The average molecular weight is 490 g/mol. The number of hydrogen-bond acceptors (Lipinski definition) is 5. The van der Waals surface area contributed by atoms with E-state index in [1.54, 1.807) is 9.80 Å². The van der Waals surface area contributed by atoms with Crippen molar-refractivity contribution in [3.05, 3.63) is 29.6 Å². The summed E-state index contributed by atoms with van der Waals surface area (Å²) in [5.74, 6) is -0.993. The Balaban J connectivity index is 1.08. The van der Waals surface area contributed by atoms with Crippen molar-refractivity contribution >= 4 is 22.7 Å². The van der Waals surface area contributed by atoms with Crippen LogP contribution < -0.4 is 5.32 Å². The number of carbonyl (C=O) groups is 2. The van der Waals surface area contributed by atoms with Gasteiger partial charge in [-0.2, -0.15) is 13.2 Å². The van der Waals surface area contributed by atoms with Crippen molar-refractivity contribution < 1.29 is 36.1 Å². The van der Waals surface area contributed by atoms with Crippen LogP contribution in [0.2, 0.25) is 0 Å². The van der Waals surface area contributed by atoms with Gasteiger partial charge in [0.25, 0.3) is 0 Å². The maximum Gasteiger partial charge on any atom is 0.475 e. The first kappa shape index (κ1) is 22.5. The average Bonchev–Trinajstić information content (AvgIpc) is 2.66. The van der Waals surface area contributed by atoms with Gasteiger partial charge in [-0.25, -0.2) is 13.4 Å². The Bertz CT molecular complexity index is 1020. The molecule has 5 rings (SSSR count). The van der Waals surface area contributed by atoms with Gasteiger partial charge in [-0.3, -0.25) is 9.69 Å². The van der Waals surface area contributed by atoms with Crippen LogP contribution in [-0.2, 0) is 26.9 Å². The molecule has 2 spiro atoms. The second-order valence-electron chi connectivity index (χ2n) is 9.43. The van der Waals surface area contributed by atoms with Crippen LogP contribution in [0, 0.1) is 11.2 Å². The van der Waals surface area contributed by atoms with E-state index in [4.69, 9.17) is 4.74 Å². The summed E-state index contributed by atoms with van der Waals surface area (Å²) in [6, 6.07) is 2.88. The Morgan fingerprint density at radius 1 is 1.12 bits per heavy atom. The third kappa shape index (κ3) is 4.10. The van der Waals surface area contributed by atoms with Crippen molar-refractivity contribution in [2.75, 3.05) is 52.5 Å². The van der Waals surface area contributed by atoms with E-state index in [1.165, 1.54) is 6.07 Å². The van der Waals surface area contributed by atoms with Gasteiger partial charge in [-0.05, 0) is 12.1 Å². The van der Waals surface area contributed by atoms with E-state index in [1.807, 2.05) is 4.90 Å². The van der Waals surface area contributed by atoms with Crippen molar-refractivity contribution in [2.45, 2.75) is 22.5 Å². The zero-order valence-corrected chi connectivity index (χ0v) is 18.3. The first-order valence-electron chi connectivity index (χ1n) is 10.4. The van der Waals surface area contributed by atoms with Gasteiger partial charge in [-0.15, -0.1) is 0 Å². The van der Waals surface area contributed by atoms with Crippen molar-refractivity contribution in [1.82, 2.24) is 20.0 Å². The molecule has 8 nitrogen and oxygen atoms in total. The number of amides is 3. The molecule has 1 aromatic carbocycles. The molecule has 0 aliphatic carbocycles. The van der Waals surface area contributed by atoms with E-state index in [0.29, 0.717) is 51.9 Å². The maximum atomic E-state index is 14.3. The molecule has 13 heteroatoms. The first-order valence-corrected chi connectivity index (χ1v) is 11.5. The number of urea groups is 1. The highest BCUT2D eigenvalue weighted by Gasteiger charge is 2.56. The fourth-order valence-electron chi connectivity index (χ4n) is 5.16. The lowest BCUT2D eigenvalue weighted by atomic mass is 9.72. The number of benzene rings is 1. The molecular weight excluding hydrogens is 468 g/mol. The lowest BCUT2D eigenvalue weighted by molar-refractivity contribution is -0.143. The summed E-state index contributed by atoms with van der Waals surface area (Å²) in [4.78, 5) is 28.9. The molecule has 3 amide bonds. The number of likely N-dealkylation sites (tertiary alicyclic amines) is 3. The Kier molecular flexibility index (Phi) is 5.21. The van der Waals surface area contributed by atoms with Crippen LogP contribution in [0.25, 0.3) is 0 Å². The summed E-state index contributed by atoms with van der Waals surface area (Å²) in [6.07, 6.45) is 0. The largest absolute Gasteiger partial charge is 0.475 e. The van der Waals surface area contributed by atoms with E-state index in [9.17, 15) is 31.4 Å². The molecule has 180 valence electrons. The van der Waals surface area contributed by atoms with Gasteiger partial charge in [0, 0.05) is 56.8 Å². The molecule has 1 aromatic rings. The van der Waals surface area contributed by atoms with E-state index in [-0.39, 0.29) is 36.1 Å². The van der Waals surface area contributed by atoms with Crippen LogP contribution in [-0.4, -0.2) is 94.4 Å². The predicted molar refractivity (Wildman–Crippen MR) is 107 cm³/mol. The van der Waals surface area contributed by atoms with Crippen LogP contribution in [0.1, 0.15) is 5.56 Å². The number of rotatable bonds is 3. The molecule has 4 aliphatic heterocycles. The lowest BCUT2D eigenvalue weighted by Crippen LogP contribution is -2.79. The van der Waals surface area contributed by atoms with Gasteiger partial charge >= 0.3 is 11.5 Å². The molecule has 4 fully saturated rings. The van der Waals surface area contributed by atoms with E-state index in [0.717, 1.165) is 6.07 Å². The number of halogens is 4. The van der Waals surface area contributed by atoms with Gasteiger partial charge in [0.2, 0.25) is 5.91 Å². The van der Waals surface area contributed by atoms with E-state index >= 15 is 0 Å². The summed E-state index contributed by atoms with van der Waals surface area (Å²) in [5.41, 5.74) is -5.22. The van der Waals surface area contributed by atoms with Crippen molar-refractivity contribution in [3.8, 4) is 0 Å². The molecule has 0 radical (unpaired) electrons. The van der Waals surface area contributed by atoms with Crippen molar-refractivity contribution in [1.29, 1.82) is 0 Å². The van der Waals surface area contributed by atoms with Crippen LogP contribution >= 0.6 is 0 Å². The van der Waals surface area contributed by atoms with Crippen LogP contribution in [0.3, 0.4) is 0 Å². The molecule has 4 saturated heterocycles. The van der Waals surface area contributed by atoms with Gasteiger partial charge in [0.1, 0.15) is 12.4 Å². The van der Waals surface area contributed by atoms with Crippen molar-refractivity contribution in [3.63, 3.8) is 0 Å². The predicted octanol–water partition coefficient (Wildman–Crippen LogP) is 0.892. The fourth-order valence-corrected chi connectivity index (χ4v) is 5.83. The highest BCUT2D eigenvalue weighted by atomic mass is 32.2. The molecular formula is C20H22F4N4O4S. The normalized spacial score (nSPS) is 24.7. The second kappa shape index (κ2) is 7.64. The number of nitrogens with one attached hydrogen (secondary N) is 1. The summed E-state index contributed by atoms with van der Waals surface area (Å²) >= 11 is 0. The van der Waals surface area contributed by atoms with Gasteiger partial charge in [0.15, 0.2) is 10.8 Å². The number of morpholine rings is 1. The van der Waals surface area contributed by atoms with E-state index < -0.39 is 32.6 Å². The standard InChI is InChI=1S/C20H22F4N4O4S/c21-15-3-14(33(31)20(22,23)24)2-1-13(15)4-26-6-18(7-26)8-27(9-18)17(30)28-10-19(11-28)12-32-5-16(29)25-19/h1-3H,4-12H2,(H,25,29). The van der Waals surface area contributed by atoms with Crippen LogP contribution in [0.4, 0.5) is 22.4 Å². The number of nitrogens with zero attached hydrogens (tertiary/aromatic N) is 3. The SMILES string of the molecule is O=C1COCC2(CN(C(=O)N3CC4(CN(Cc5ccc(S(=O)C(F)(F)F)cc5F)C4)C3)C2)N1. The Morgan fingerprint density at radius 2 is 1.79 bits per heavy atom. The highest BCUT2D eigenvalue weighted by molar-refractivity contribution is 7.86. The quantitative estimate of drug-likeness (QED) is 0.637. The van der Waals surface area contributed by atoms with E-state index in [2.05, 4.69) is 5.32 Å². The highest BCUT2D eigenvalue weighted by Crippen LogP contribution is 2.41. The van der Waals surface area contributed by atoms with Gasteiger partial charge in [-0.1, -0.05) is 6.07 Å². The number of hydrogen-bond donors (Lipinski definition) is 1. The molecule has 1 atom stereocenters. The minimum atomic E-state index is -4.93. The lowest BCUT2D eigenvalue weighted by Gasteiger charge is -2.62. The smallest absolute Gasteiger partial charge is 0.369 e. The summed E-state index contributed by atoms with van der Waals surface area (Å²) in [6.45, 7) is 3.98. The molecule has 4 aliphatic rings. The second-order valence-corrected chi connectivity index (χ2v) is 10.9.